The van der Waals surface area contributed by atoms with E-state index in [1.165, 1.54) is 12.1 Å². The van der Waals surface area contributed by atoms with Gasteiger partial charge in [-0.2, -0.15) is 0 Å². The summed E-state index contributed by atoms with van der Waals surface area (Å²) in [5.74, 6) is -0.417. The van der Waals surface area contributed by atoms with Gasteiger partial charge < -0.3 is 5.32 Å². The van der Waals surface area contributed by atoms with E-state index < -0.39 is 11.5 Å². The molecule has 19 heavy (non-hydrogen) atoms. The summed E-state index contributed by atoms with van der Waals surface area (Å²) >= 11 is 0. The molecule has 0 aromatic heterocycles. The number of hydrogen-bond acceptors (Lipinski definition) is 1. The van der Waals surface area contributed by atoms with Crippen LogP contribution in [0.4, 0.5) is 8.78 Å². The fraction of sp³-hybridized carbons (Fsp3) is 0.250. The highest BCUT2D eigenvalue weighted by atomic mass is 19.1. The Labute approximate surface area is 112 Å². The Morgan fingerprint density at radius 1 is 1.00 bits per heavy atom. The summed E-state index contributed by atoms with van der Waals surface area (Å²) in [7, 11) is 1.77. The van der Waals surface area contributed by atoms with Crippen LogP contribution in [0.5, 0.6) is 0 Å². The Kier molecular flexibility index (Phi) is 4.27. The topological polar surface area (TPSA) is 12.0 Å². The maximum atomic E-state index is 15.4. The molecule has 0 spiro atoms. The van der Waals surface area contributed by atoms with Gasteiger partial charge in [-0.25, -0.2) is 8.78 Å². The molecule has 2 rings (SSSR count). The Morgan fingerprint density at radius 2 is 1.68 bits per heavy atom. The van der Waals surface area contributed by atoms with Gasteiger partial charge in [0.1, 0.15) is 5.82 Å². The first-order valence-corrected chi connectivity index (χ1v) is 6.32. The molecule has 0 aliphatic heterocycles. The van der Waals surface area contributed by atoms with E-state index in [1.54, 1.807) is 43.4 Å². The standard InChI is InChI=1S/C16H17F2N/c1-19-11-10-16(18,13-6-3-2-4-7-13)14-8-5-9-15(17)12-14/h2-9,12,19H,10-11H2,1H3. The van der Waals surface area contributed by atoms with Crippen LogP contribution in [-0.4, -0.2) is 13.6 Å². The van der Waals surface area contributed by atoms with Gasteiger partial charge in [0.05, 0.1) is 0 Å². The molecular weight excluding hydrogens is 244 g/mol. The highest BCUT2D eigenvalue weighted by Crippen LogP contribution is 2.37. The predicted molar refractivity (Wildman–Crippen MR) is 73.3 cm³/mol. The SMILES string of the molecule is CNCCC(F)(c1ccccc1)c1cccc(F)c1. The molecule has 1 N–H and O–H groups in total. The number of nitrogens with one attached hydrogen (secondary N) is 1. The van der Waals surface area contributed by atoms with E-state index in [2.05, 4.69) is 5.32 Å². The summed E-state index contributed by atoms with van der Waals surface area (Å²) in [5.41, 5.74) is -0.767. The fourth-order valence-electron chi connectivity index (χ4n) is 2.19. The van der Waals surface area contributed by atoms with Crippen molar-refractivity contribution in [3.05, 3.63) is 71.5 Å². The maximum Gasteiger partial charge on any atom is 0.162 e. The molecule has 0 aliphatic carbocycles. The maximum absolute atomic E-state index is 15.4. The Balaban J connectivity index is 2.45. The van der Waals surface area contributed by atoms with Crippen molar-refractivity contribution in [2.45, 2.75) is 12.1 Å². The van der Waals surface area contributed by atoms with E-state index in [0.717, 1.165) is 0 Å². The van der Waals surface area contributed by atoms with E-state index in [0.29, 0.717) is 17.7 Å². The molecule has 1 atom stereocenters. The quantitative estimate of drug-likeness (QED) is 0.866. The van der Waals surface area contributed by atoms with Crippen molar-refractivity contribution in [2.75, 3.05) is 13.6 Å². The smallest absolute Gasteiger partial charge is 0.162 e. The van der Waals surface area contributed by atoms with Crippen LogP contribution in [0.25, 0.3) is 0 Å². The number of alkyl halides is 1. The van der Waals surface area contributed by atoms with Crippen molar-refractivity contribution in [2.24, 2.45) is 0 Å². The van der Waals surface area contributed by atoms with Crippen LogP contribution in [0.2, 0.25) is 0 Å². The van der Waals surface area contributed by atoms with Gasteiger partial charge in [-0.05, 0) is 36.9 Å². The average molecular weight is 261 g/mol. The molecule has 0 heterocycles. The van der Waals surface area contributed by atoms with Gasteiger partial charge in [-0.3, -0.25) is 0 Å². The lowest BCUT2D eigenvalue weighted by Crippen LogP contribution is -2.27. The van der Waals surface area contributed by atoms with Crippen LogP contribution in [0.1, 0.15) is 17.5 Å². The molecule has 1 nitrogen and oxygen atoms in total. The molecule has 2 aromatic carbocycles. The summed E-state index contributed by atoms with van der Waals surface area (Å²) in [4.78, 5) is 0. The van der Waals surface area contributed by atoms with Crippen molar-refractivity contribution < 1.29 is 8.78 Å². The van der Waals surface area contributed by atoms with E-state index in [4.69, 9.17) is 0 Å². The molecule has 3 heteroatoms. The summed E-state index contributed by atoms with van der Waals surface area (Å²) in [6.45, 7) is 0.516. The van der Waals surface area contributed by atoms with Crippen molar-refractivity contribution >= 4 is 0 Å². The third-order valence-corrected chi connectivity index (χ3v) is 3.23. The van der Waals surface area contributed by atoms with Crippen molar-refractivity contribution in [1.29, 1.82) is 0 Å². The van der Waals surface area contributed by atoms with Crippen LogP contribution in [0.3, 0.4) is 0 Å². The molecule has 0 saturated carbocycles. The fourth-order valence-corrected chi connectivity index (χ4v) is 2.19. The van der Waals surface area contributed by atoms with Gasteiger partial charge in [0, 0.05) is 6.42 Å². The monoisotopic (exact) mass is 261 g/mol. The van der Waals surface area contributed by atoms with Crippen molar-refractivity contribution in [1.82, 2.24) is 5.32 Å². The van der Waals surface area contributed by atoms with Gasteiger partial charge in [-0.1, -0.05) is 42.5 Å². The van der Waals surface area contributed by atoms with E-state index in [1.807, 2.05) is 6.07 Å². The zero-order valence-corrected chi connectivity index (χ0v) is 10.9. The molecule has 0 bridgehead atoms. The number of rotatable bonds is 5. The Bertz CT molecular complexity index is 527. The second-order valence-corrected chi connectivity index (χ2v) is 4.53. The Morgan fingerprint density at radius 3 is 2.32 bits per heavy atom. The summed E-state index contributed by atoms with van der Waals surface area (Å²) in [6, 6.07) is 14.7. The molecule has 0 radical (unpaired) electrons. The first-order valence-electron chi connectivity index (χ1n) is 6.32. The van der Waals surface area contributed by atoms with Crippen molar-refractivity contribution in [3.63, 3.8) is 0 Å². The summed E-state index contributed by atoms with van der Waals surface area (Å²) < 4.78 is 28.8. The second kappa shape index (κ2) is 5.93. The normalized spacial score (nSPS) is 14.1. The zero-order valence-electron chi connectivity index (χ0n) is 10.9. The van der Waals surface area contributed by atoms with Crippen LogP contribution in [-0.2, 0) is 5.67 Å². The molecule has 0 aliphatic rings. The Hall–Kier alpha value is -1.74. The summed E-state index contributed by atoms with van der Waals surface area (Å²) in [6.07, 6.45) is 0.261. The largest absolute Gasteiger partial charge is 0.320 e. The minimum atomic E-state index is -1.67. The van der Waals surface area contributed by atoms with Crippen LogP contribution in [0.15, 0.2) is 54.6 Å². The van der Waals surface area contributed by atoms with Gasteiger partial charge in [0.25, 0.3) is 0 Å². The van der Waals surface area contributed by atoms with Crippen LogP contribution >= 0.6 is 0 Å². The lowest BCUT2D eigenvalue weighted by atomic mass is 9.85. The average Bonchev–Trinajstić information content (AvgIpc) is 2.45. The van der Waals surface area contributed by atoms with Gasteiger partial charge >= 0.3 is 0 Å². The predicted octanol–water partition coefficient (Wildman–Crippen LogP) is 3.65. The third kappa shape index (κ3) is 2.99. The minimum Gasteiger partial charge on any atom is -0.320 e. The van der Waals surface area contributed by atoms with Crippen molar-refractivity contribution in [3.8, 4) is 0 Å². The van der Waals surface area contributed by atoms with E-state index in [9.17, 15) is 4.39 Å². The second-order valence-electron chi connectivity index (χ2n) is 4.53. The minimum absolute atomic E-state index is 0.261. The molecule has 0 saturated heterocycles. The van der Waals surface area contributed by atoms with Crippen LogP contribution in [0, 0.1) is 5.82 Å². The zero-order chi connectivity index (χ0) is 13.7. The molecular formula is C16H17F2N. The molecule has 0 amide bonds. The number of hydrogen-bond donors (Lipinski definition) is 1. The highest BCUT2D eigenvalue weighted by molar-refractivity contribution is 5.36. The first-order chi connectivity index (χ1) is 9.16. The third-order valence-electron chi connectivity index (χ3n) is 3.23. The lowest BCUT2D eigenvalue weighted by Gasteiger charge is -2.26. The van der Waals surface area contributed by atoms with E-state index >= 15 is 4.39 Å². The van der Waals surface area contributed by atoms with Gasteiger partial charge in [0.2, 0.25) is 0 Å². The lowest BCUT2D eigenvalue weighted by molar-refractivity contribution is 0.204. The van der Waals surface area contributed by atoms with E-state index in [-0.39, 0.29) is 6.42 Å². The molecule has 0 fully saturated rings. The molecule has 1 unspecified atom stereocenters. The number of benzene rings is 2. The molecule has 100 valence electrons. The molecule has 2 aromatic rings. The summed E-state index contributed by atoms with van der Waals surface area (Å²) in [5, 5.41) is 2.94. The van der Waals surface area contributed by atoms with Gasteiger partial charge in [0.15, 0.2) is 5.67 Å². The first kappa shape index (κ1) is 13.7. The van der Waals surface area contributed by atoms with Gasteiger partial charge in [-0.15, -0.1) is 0 Å². The highest BCUT2D eigenvalue weighted by Gasteiger charge is 2.33. The number of halogens is 2. The van der Waals surface area contributed by atoms with Crippen LogP contribution < -0.4 is 5.32 Å².